The standard InChI is InChI=1S/C20H21N3O3S/c1-2-22(12-15-7-5-11-27-15)17(24)13-23-18(25)20(21-19(23)26)10-9-14-6-3-4-8-16(14)20/h3-8,11H,2,9-10,12-13H2,1H3,(H,21,26)/t20-/m1/s1. The van der Waals surface area contributed by atoms with Crippen molar-refractivity contribution in [2.24, 2.45) is 0 Å². The maximum Gasteiger partial charge on any atom is 0.325 e. The molecule has 1 atom stereocenters. The molecule has 1 spiro atoms. The SMILES string of the molecule is CCN(Cc1cccs1)C(=O)CN1C(=O)N[C@@]2(CCc3ccccc32)C1=O. The first kappa shape index (κ1) is 17.7. The molecule has 1 N–H and O–H groups in total. The van der Waals surface area contributed by atoms with Crippen LogP contribution in [-0.2, 0) is 28.1 Å². The van der Waals surface area contributed by atoms with Gasteiger partial charge < -0.3 is 10.2 Å². The van der Waals surface area contributed by atoms with Crippen molar-refractivity contribution in [1.82, 2.24) is 15.1 Å². The minimum atomic E-state index is -1.02. The van der Waals surface area contributed by atoms with E-state index in [9.17, 15) is 14.4 Å². The minimum Gasteiger partial charge on any atom is -0.336 e. The van der Waals surface area contributed by atoms with Gasteiger partial charge in [0.25, 0.3) is 5.91 Å². The van der Waals surface area contributed by atoms with Gasteiger partial charge in [-0.25, -0.2) is 4.79 Å². The molecule has 1 fully saturated rings. The summed E-state index contributed by atoms with van der Waals surface area (Å²) >= 11 is 1.58. The number of urea groups is 1. The lowest BCUT2D eigenvalue weighted by molar-refractivity contribution is -0.139. The van der Waals surface area contributed by atoms with Crippen LogP contribution in [-0.4, -0.2) is 40.7 Å². The van der Waals surface area contributed by atoms with Crippen LogP contribution in [0.2, 0.25) is 0 Å². The molecule has 0 unspecified atom stereocenters. The van der Waals surface area contributed by atoms with Crippen LogP contribution in [0.3, 0.4) is 0 Å². The summed E-state index contributed by atoms with van der Waals surface area (Å²) in [7, 11) is 0. The van der Waals surface area contributed by atoms with Gasteiger partial charge in [0.05, 0.1) is 6.54 Å². The number of carbonyl (C=O) groups is 3. The number of rotatable bonds is 5. The smallest absolute Gasteiger partial charge is 0.325 e. The Morgan fingerprint density at radius 1 is 1.26 bits per heavy atom. The van der Waals surface area contributed by atoms with Crippen LogP contribution >= 0.6 is 11.3 Å². The topological polar surface area (TPSA) is 69.7 Å². The lowest BCUT2D eigenvalue weighted by Crippen LogP contribution is -2.44. The monoisotopic (exact) mass is 383 g/mol. The third-order valence-corrected chi connectivity index (χ3v) is 6.24. The number of likely N-dealkylation sites (N-methyl/N-ethyl adjacent to an activating group) is 1. The molecule has 2 heterocycles. The second-order valence-electron chi connectivity index (χ2n) is 6.87. The van der Waals surface area contributed by atoms with Gasteiger partial charge in [0.2, 0.25) is 5.91 Å². The molecule has 0 saturated carbocycles. The number of hydrogen-bond acceptors (Lipinski definition) is 4. The van der Waals surface area contributed by atoms with Gasteiger partial charge in [-0.15, -0.1) is 11.3 Å². The van der Waals surface area contributed by atoms with Gasteiger partial charge in [0, 0.05) is 11.4 Å². The molecule has 2 aliphatic rings. The first-order chi connectivity index (χ1) is 13.0. The molecule has 2 aromatic rings. The van der Waals surface area contributed by atoms with Crippen LogP contribution in [0.1, 0.15) is 29.3 Å². The van der Waals surface area contributed by atoms with Crippen molar-refractivity contribution in [3.05, 3.63) is 57.8 Å². The number of nitrogens with one attached hydrogen (secondary N) is 1. The highest BCUT2D eigenvalue weighted by atomic mass is 32.1. The fraction of sp³-hybridized carbons (Fsp3) is 0.350. The van der Waals surface area contributed by atoms with E-state index in [2.05, 4.69) is 5.32 Å². The summed E-state index contributed by atoms with van der Waals surface area (Å²) < 4.78 is 0. The summed E-state index contributed by atoms with van der Waals surface area (Å²) in [6.45, 7) is 2.68. The van der Waals surface area contributed by atoms with Crippen LogP contribution < -0.4 is 5.32 Å². The number of carbonyl (C=O) groups excluding carboxylic acids is 3. The van der Waals surface area contributed by atoms with Gasteiger partial charge in [0.1, 0.15) is 12.1 Å². The number of benzene rings is 1. The minimum absolute atomic E-state index is 0.224. The summed E-state index contributed by atoms with van der Waals surface area (Å²) in [5.41, 5.74) is 0.912. The van der Waals surface area contributed by atoms with Gasteiger partial charge in [0.15, 0.2) is 0 Å². The zero-order chi connectivity index (χ0) is 19.0. The molecule has 0 radical (unpaired) electrons. The Labute approximate surface area is 161 Å². The van der Waals surface area contributed by atoms with Crippen molar-refractivity contribution in [1.29, 1.82) is 0 Å². The zero-order valence-corrected chi connectivity index (χ0v) is 15.9. The number of imide groups is 1. The van der Waals surface area contributed by atoms with E-state index in [1.165, 1.54) is 0 Å². The van der Waals surface area contributed by atoms with Crippen molar-refractivity contribution in [2.75, 3.05) is 13.1 Å². The zero-order valence-electron chi connectivity index (χ0n) is 15.1. The fourth-order valence-electron chi connectivity index (χ4n) is 3.94. The van der Waals surface area contributed by atoms with Gasteiger partial charge >= 0.3 is 6.03 Å². The van der Waals surface area contributed by atoms with Gasteiger partial charge in [-0.05, 0) is 42.3 Å². The average molecular weight is 383 g/mol. The van der Waals surface area contributed by atoms with E-state index < -0.39 is 11.6 Å². The largest absolute Gasteiger partial charge is 0.336 e. The van der Waals surface area contributed by atoms with E-state index in [0.717, 1.165) is 27.3 Å². The fourth-order valence-corrected chi connectivity index (χ4v) is 4.65. The Morgan fingerprint density at radius 3 is 2.81 bits per heavy atom. The maximum absolute atomic E-state index is 13.1. The first-order valence-corrected chi connectivity index (χ1v) is 9.96. The van der Waals surface area contributed by atoms with E-state index in [1.54, 1.807) is 16.2 Å². The van der Waals surface area contributed by atoms with Crippen LogP contribution in [0.4, 0.5) is 4.79 Å². The summed E-state index contributed by atoms with van der Waals surface area (Å²) in [4.78, 5) is 42.2. The van der Waals surface area contributed by atoms with Crippen molar-refractivity contribution in [3.63, 3.8) is 0 Å². The molecule has 7 heteroatoms. The van der Waals surface area contributed by atoms with Crippen LogP contribution in [0, 0.1) is 0 Å². The summed E-state index contributed by atoms with van der Waals surface area (Å²) in [6, 6.07) is 11.1. The van der Waals surface area contributed by atoms with Crippen molar-refractivity contribution in [3.8, 4) is 0 Å². The molecule has 4 rings (SSSR count). The quantitative estimate of drug-likeness (QED) is 0.807. The summed E-state index contributed by atoms with van der Waals surface area (Å²) in [5, 5.41) is 4.83. The van der Waals surface area contributed by atoms with Crippen molar-refractivity contribution in [2.45, 2.75) is 31.8 Å². The predicted molar refractivity (Wildman–Crippen MR) is 102 cm³/mol. The molecule has 4 amide bonds. The third kappa shape index (κ3) is 2.92. The molecule has 1 aliphatic carbocycles. The summed E-state index contributed by atoms with van der Waals surface area (Å²) in [5.74, 6) is -0.546. The molecular formula is C20H21N3O3S. The van der Waals surface area contributed by atoms with Gasteiger partial charge in [-0.1, -0.05) is 30.3 Å². The molecule has 140 valence electrons. The molecule has 27 heavy (non-hydrogen) atoms. The van der Waals surface area contributed by atoms with E-state index in [0.29, 0.717) is 19.5 Å². The third-order valence-electron chi connectivity index (χ3n) is 5.38. The Kier molecular flexibility index (Phi) is 4.47. The molecule has 1 aliphatic heterocycles. The Hall–Kier alpha value is -2.67. The van der Waals surface area contributed by atoms with E-state index in [-0.39, 0.29) is 18.4 Å². The Balaban J connectivity index is 1.52. The number of hydrogen-bond donors (Lipinski definition) is 1. The molecule has 0 bridgehead atoms. The van der Waals surface area contributed by atoms with Crippen LogP contribution in [0.5, 0.6) is 0 Å². The van der Waals surface area contributed by atoms with E-state index in [4.69, 9.17) is 0 Å². The number of amides is 4. The molecule has 1 aromatic carbocycles. The molecule has 1 aromatic heterocycles. The summed E-state index contributed by atoms with van der Waals surface area (Å²) in [6.07, 6.45) is 1.28. The van der Waals surface area contributed by atoms with Crippen molar-refractivity contribution < 1.29 is 14.4 Å². The highest BCUT2D eigenvalue weighted by Crippen LogP contribution is 2.41. The second kappa shape index (κ2) is 6.81. The van der Waals surface area contributed by atoms with Gasteiger partial charge in [-0.3, -0.25) is 14.5 Å². The highest BCUT2D eigenvalue weighted by molar-refractivity contribution is 7.09. The maximum atomic E-state index is 13.1. The lowest BCUT2D eigenvalue weighted by atomic mass is 9.92. The lowest BCUT2D eigenvalue weighted by Gasteiger charge is -2.24. The Morgan fingerprint density at radius 2 is 2.07 bits per heavy atom. The highest BCUT2D eigenvalue weighted by Gasteiger charge is 2.55. The number of fused-ring (bicyclic) bond motifs is 2. The number of aryl methyl sites for hydroxylation is 1. The van der Waals surface area contributed by atoms with Gasteiger partial charge in [-0.2, -0.15) is 0 Å². The number of nitrogens with zero attached hydrogens (tertiary/aromatic N) is 2. The van der Waals surface area contributed by atoms with Crippen molar-refractivity contribution >= 4 is 29.2 Å². The molecule has 6 nitrogen and oxygen atoms in total. The molecule has 1 saturated heterocycles. The first-order valence-electron chi connectivity index (χ1n) is 9.08. The van der Waals surface area contributed by atoms with Crippen LogP contribution in [0.25, 0.3) is 0 Å². The number of thiophene rings is 1. The van der Waals surface area contributed by atoms with Crippen LogP contribution in [0.15, 0.2) is 41.8 Å². The Bertz CT molecular complexity index is 896. The van der Waals surface area contributed by atoms with E-state index >= 15 is 0 Å². The predicted octanol–water partition coefficient (Wildman–Crippen LogP) is 2.49. The normalized spacial score (nSPS) is 20.9. The second-order valence-corrected chi connectivity index (χ2v) is 7.90. The average Bonchev–Trinajstić information content (AvgIpc) is 3.37. The van der Waals surface area contributed by atoms with E-state index in [1.807, 2.05) is 48.7 Å². The molecular weight excluding hydrogens is 362 g/mol.